The van der Waals surface area contributed by atoms with Gasteiger partial charge in [-0.1, -0.05) is 120 Å². The zero-order valence-electron chi connectivity index (χ0n) is 19.0. The summed E-state index contributed by atoms with van der Waals surface area (Å²) in [6.45, 7) is 4.40. The fourth-order valence-electron chi connectivity index (χ4n) is 4.93. The van der Waals surface area contributed by atoms with Crippen LogP contribution in [0.25, 0.3) is 23.3 Å². The summed E-state index contributed by atoms with van der Waals surface area (Å²) in [4.78, 5) is 0. The van der Waals surface area contributed by atoms with E-state index in [0.717, 1.165) is 0 Å². The SMILES string of the molecule is Cc1ccc(C=Cc2ccccc2)c(-c2cc(C)ccc2C2CC(c3ccccc3)C2)c1. The molecule has 0 nitrogen and oxygen atoms in total. The number of benzene rings is 4. The maximum Gasteiger partial charge on any atom is -0.0106 e. The van der Waals surface area contributed by atoms with Gasteiger partial charge in [0.05, 0.1) is 0 Å². The topological polar surface area (TPSA) is 0 Å². The first-order valence-electron chi connectivity index (χ1n) is 11.7. The molecule has 0 saturated heterocycles. The zero-order valence-corrected chi connectivity index (χ0v) is 19.0. The van der Waals surface area contributed by atoms with Crippen LogP contribution in [0.1, 0.15) is 58.1 Å². The Kier molecular flexibility index (Phi) is 5.77. The normalized spacial score (nSPS) is 17.9. The summed E-state index contributed by atoms with van der Waals surface area (Å²) in [6, 6.07) is 35.5. The van der Waals surface area contributed by atoms with E-state index in [9.17, 15) is 0 Å². The van der Waals surface area contributed by atoms with Gasteiger partial charge in [0, 0.05) is 0 Å². The Hall–Kier alpha value is -3.38. The standard InChI is InChI=1S/C32H30/c1-23-13-16-27(17-15-25-9-5-3-6-10-25)31(19-23)32-20-24(2)14-18-30(32)29-21-28(22-29)26-11-7-4-8-12-26/h3-20,28-29H,21-22H2,1-2H3. The third kappa shape index (κ3) is 4.32. The number of hydrogen-bond acceptors (Lipinski definition) is 0. The van der Waals surface area contributed by atoms with Gasteiger partial charge in [0.25, 0.3) is 0 Å². The lowest BCUT2D eigenvalue weighted by Crippen LogP contribution is -2.20. The summed E-state index contributed by atoms with van der Waals surface area (Å²) in [7, 11) is 0. The van der Waals surface area contributed by atoms with Gasteiger partial charge in [0.2, 0.25) is 0 Å². The molecule has 158 valence electrons. The van der Waals surface area contributed by atoms with Crippen LogP contribution in [0, 0.1) is 13.8 Å². The molecule has 1 aliphatic rings. The van der Waals surface area contributed by atoms with E-state index in [1.54, 1.807) is 0 Å². The molecule has 5 rings (SSSR count). The van der Waals surface area contributed by atoms with Crippen molar-refractivity contribution in [3.63, 3.8) is 0 Å². The van der Waals surface area contributed by atoms with E-state index in [1.165, 1.54) is 57.3 Å². The molecule has 0 spiro atoms. The van der Waals surface area contributed by atoms with Gasteiger partial charge >= 0.3 is 0 Å². The summed E-state index contributed by atoms with van der Waals surface area (Å²) >= 11 is 0. The minimum Gasteiger partial charge on any atom is -0.0622 e. The smallest absolute Gasteiger partial charge is 0.0106 e. The molecule has 1 aliphatic carbocycles. The highest BCUT2D eigenvalue weighted by atomic mass is 14.4. The van der Waals surface area contributed by atoms with Gasteiger partial charge in [-0.3, -0.25) is 0 Å². The Labute approximate surface area is 192 Å². The third-order valence-corrected chi connectivity index (χ3v) is 6.81. The molecular weight excluding hydrogens is 384 g/mol. The molecule has 0 bridgehead atoms. The Morgan fingerprint density at radius 2 is 1.22 bits per heavy atom. The summed E-state index contributed by atoms with van der Waals surface area (Å²) < 4.78 is 0. The number of hydrogen-bond donors (Lipinski definition) is 0. The predicted molar refractivity (Wildman–Crippen MR) is 138 cm³/mol. The van der Waals surface area contributed by atoms with Gasteiger partial charge in [-0.25, -0.2) is 0 Å². The molecule has 0 aliphatic heterocycles. The first-order valence-corrected chi connectivity index (χ1v) is 11.7. The van der Waals surface area contributed by atoms with Crippen molar-refractivity contribution in [2.45, 2.75) is 38.5 Å². The van der Waals surface area contributed by atoms with E-state index in [2.05, 4.69) is 123 Å². The molecule has 0 amide bonds. The lowest BCUT2D eigenvalue weighted by molar-refractivity contribution is 0.352. The molecule has 0 radical (unpaired) electrons. The monoisotopic (exact) mass is 414 g/mol. The second-order valence-corrected chi connectivity index (χ2v) is 9.20. The Morgan fingerprint density at radius 3 is 1.94 bits per heavy atom. The Balaban J connectivity index is 1.50. The third-order valence-electron chi connectivity index (χ3n) is 6.81. The van der Waals surface area contributed by atoms with E-state index in [1.807, 2.05) is 0 Å². The van der Waals surface area contributed by atoms with E-state index in [0.29, 0.717) is 11.8 Å². The van der Waals surface area contributed by atoms with Crippen LogP contribution in [0.4, 0.5) is 0 Å². The molecule has 0 heterocycles. The van der Waals surface area contributed by atoms with Crippen molar-refractivity contribution in [1.29, 1.82) is 0 Å². The molecule has 4 aromatic rings. The summed E-state index contributed by atoms with van der Waals surface area (Å²) in [5.74, 6) is 1.31. The molecule has 0 atom stereocenters. The lowest BCUT2D eigenvalue weighted by Gasteiger charge is -2.37. The summed E-state index contributed by atoms with van der Waals surface area (Å²) in [6.07, 6.45) is 6.96. The number of aryl methyl sites for hydroxylation is 2. The fraction of sp³-hybridized carbons (Fsp3) is 0.188. The summed E-state index contributed by atoms with van der Waals surface area (Å²) in [5, 5.41) is 0. The van der Waals surface area contributed by atoms with Crippen LogP contribution >= 0.6 is 0 Å². The molecule has 0 aromatic heterocycles. The molecule has 0 heteroatoms. The first-order chi connectivity index (χ1) is 15.7. The average Bonchev–Trinajstić information content (AvgIpc) is 2.79. The van der Waals surface area contributed by atoms with Crippen LogP contribution < -0.4 is 0 Å². The molecular formula is C32H30. The average molecular weight is 415 g/mol. The Bertz CT molecular complexity index is 1230. The maximum atomic E-state index is 2.39. The van der Waals surface area contributed by atoms with Crippen molar-refractivity contribution >= 4 is 12.2 Å². The van der Waals surface area contributed by atoms with Gasteiger partial charge in [-0.05, 0) is 71.9 Å². The van der Waals surface area contributed by atoms with Crippen LogP contribution in [0.2, 0.25) is 0 Å². The summed E-state index contributed by atoms with van der Waals surface area (Å²) in [5.41, 5.74) is 10.9. The van der Waals surface area contributed by atoms with Gasteiger partial charge in [-0.15, -0.1) is 0 Å². The maximum absolute atomic E-state index is 2.39. The highest BCUT2D eigenvalue weighted by molar-refractivity contribution is 5.83. The van der Waals surface area contributed by atoms with Gasteiger partial charge < -0.3 is 0 Å². The largest absolute Gasteiger partial charge is 0.0622 e. The van der Waals surface area contributed by atoms with E-state index >= 15 is 0 Å². The van der Waals surface area contributed by atoms with E-state index in [4.69, 9.17) is 0 Å². The van der Waals surface area contributed by atoms with Crippen molar-refractivity contribution in [1.82, 2.24) is 0 Å². The fourth-order valence-corrected chi connectivity index (χ4v) is 4.93. The van der Waals surface area contributed by atoms with Gasteiger partial charge in [-0.2, -0.15) is 0 Å². The van der Waals surface area contributed by atoms with Gasteiger partial charge in [0.15, 0.2) is 0 Å². The highest BCUT2D eigenvalue weighted by Gasteiger charge is 2.32. The molecule has 0 N–H and O–H groups in total. The van der Waals surface area contributed by atoms with Crippen molar-refractivity contribution in [2.24, 2.45) is 0 Å². The zero-order chi connectivity index (χ0) is 21.9. The minimum atomic E-state index is 0.627. The molecule has 1 fully saturated rings. The van der Waals surface area contributed by atoms with Crippen LogP contribution in [0.15, 0.2) is 97.1 Å². The van der Waals surface area contributed by atoms with Crippen molar-refractivity contribution in [2.75, 3.05) is 0 Å². The second kappa shape index (κ2) is 9.01. The van der Waals surface area contributed by atoms with Gasteiger partial charge in [0.1, 0.15) is 0 Å². The highest BCUT2D eigenvalue weighted by Crippen LogP contribution is 2.50. The van der Waals surface area contributed by atoms with Crippen LogP contribution in [0.5, 0.6) is 0 Å². The van der Waals surface area contributed by atoms with Crippen molar-refractivity contribution < 1.29 is 0 Å². The lowest BCUT2D eigenvalue weighted by atomic mass is 9.67. The van der Waals surface area contributed by atoms with E-state index in [-0.39, 0.29) is 0 Å². The molecule has 4 aromatic carbocycles. The van der Waals surface area contributed by atoms with Crippen molar-refractivity contribution in [3.05, 3.63) is 130 Å². The van der Waals surface area contributed by atoms with Crippen LogP contribution in [-0.4, -0.2) is 0 Å². The Morgan fingerprint density at radius 1 is 0.594 bits per heavy atom. The van der Waals surface area contributed by atoms with Crippen LogP contribution in [0.3, 0.4) is 0 Å². The van der Waals surface area contributed by atoms with Crippen molar-refractivity contribution in [3.8, 4) is 11.1 Å². The second-order valence-electron chi connectivity index (χ2n) is 9.20. The molecule has 0 unspecified atom stereocenters. The number of rotatable bonds is 5. The first kappa shape index (κ1) is 20.5. The van der Waals surface area contributed by atoms with E-state index < -0.39 is 0 Å². The predicted octanol–water partition coefficient (Wildman–Crippen LogP) is 8.80. The molecule has 32 heavy (non-hydrogen) atoms. The molecule has 1 saturated carbocycles. The van der Waals surface area contributed by atoms with Crippen LogP contribution in [-0.2, 0) is 0 Å². The minimum absolute atomic E-state index is 0.627. The quantitative estimate of drug-likeness (QED) is 0.286.